The van der Waals surface area contributed by atoms with Crippen LogP contribution in [0.15, 0.2) is 65.8 Å². The fourth-order valence-electron chi connectivity index (χ4n) is 3.07. The Morgan fingerprint density at radius 1 is 0.906 bits per heavy atom. The Morgan fingerprint density at radius 2 is 1.62 bits per heavy atom. The second-order valence-corrected chi connectivity index (χ2v) is 7.47. The molecule has 0 aliphatic heterocycles. The first kappa shape index (κ1) is 21.0. The third kappa shape index (κ3) is 5.07. The van der Waals surface area contributed by atoms with Crippen LogP contribution < -0.4 is 15.6 Å². The number of nitrogens with one attached hydrogen (secondary N) is 2. The molecule has 2 heterocycles. The Morgan fingerprint density at radius 3 is 2.28 bits per heavy atom. The highest BCUT2D eigenvalue weighted by Crippen LogP contribution is 2.17. The van der Waals surface area contributed by atoms with Crippen LogP contribution in [0.1, 0.15) is 17.0 Å². The summed E-state index contributed by atoms with van der Waals surface area (Å²) in [4.78, 5) is 15.5. The van der Waals surface area contributed by atoms with E-state index in [1.54, 1.807) is 10.9 Å². The fraction of sp³-hybridized carbons (Fsp3) is 0.174. The zero-order valence-corrected chi connectivity index (χ0v) is 18.5. The predicted octanol–water partition coefficient (Wildman–Crippen LogP) is 3.93. The van der Waals surface area contributed by atoms with Gasteiger partial charge >= 0.3 is 0 Å². The molecule has 9 nitrogen and oxygen atoms in total. The Kier molecular flexibility index (Phi) is 6.07. The lowest BCUT2D eigenvalue weighted by molar-refractivity contribution is 0.767. The lowest BCUT2D eigenvalue weighted by atomic mass is 10.2. The van der Waals surface area contributed by atoms with E-state index in [1.807, 2.05) is 93.5 Å². The van der Waals surface area contributed by atoms with Crippen molar-refractivity contribution in [2.75, 3.05) is 29.7 Å². The number of anilines is 4. The third-order valence-corrected chi connectivity index (χ3v) is 4.64. The Labute approximate surface area is 186 Å². The normalized spacial score (nSPS) is 11.0. The van der Waals surface area contributed by atoms with Crippen LogP contribution in [0, 0.1) is 13.8 Å². The summed E-state index contributed by atoms with van der Waals surface area (Å²) in [5.41, 5.74) is 7.67. The van der Waals surface area contributed by atoms with Crippen LogP contribution in [0.2, 0.25) is 0 Å². The van der Waals surface area contributed by atoms with E-state index in [0.717, 1.165) is 28.3 Å². The summed E-state index contributed by atoms with van der Waals surface area (Å²) < 4.78 is 1.68. The molecule has 2 N–H and O–H groups in total. The molecule has 2 aromatic heterocycles. The number of aryl methyl sites for hydroxylation is 2. The molecule has 0 saturated heterocycles. The quantitative estimate of drug-likeness (QED) is 0.341. The molecule has 0 unspecified atom stereocenters. The number of nitrogens with zero attached hydrogens (tertiary/aromatic N) is 7. The van der Waals surface area contributed by atoms with E-state index < -0.39 is 0 Å². The van der Waals surface area contributed by atoms with Crippen molar-refractivity contribution < 1.29 is 0 Å². The van der Waals surface area contributed by atoms with E-state index in [1.165, 1.54) is 0 Å². The van der Waals surface area contributed by atoms with Crippen molar-refractivity contribution in [3.05, 3.63) is 77.6 Å². The average Bonchev–Trinajstić information content (AvgIpc) is 3.12. The Balaban J connectivity index is 1.60. The van der Waals surface area contributed by atoms with Gasteiger partial charge in [0.25, 0.3) is 5.95 Å². The standard InChI is InChI=1S/C23H25N9/c1-16-14-17(2)32(30-16)23-27-21(25-19-8-6-5-7-9-19)26-22(28-23)29-24-15-18-10-12-20(13-11-18)31(3)4/h5-15H,1-4H3,(H2,25,26,27,28,29)/b24-15-. The number of hydrazone groups is 1. The average molecular weight is 428 g/mol. The highest BCUT2D eigenvalue weighted by molar-refractivity contribution is 5.80. The van der Waals surface area contributed by atoms with Crippen molar-refractivity contribution in [2.24, 2.45) is 5.10 Å². The zero-order chi connectivity index (χ0) is 22.5. The molecule has 9 heteroatoms. The van der Waals surface area contributed by atoms with E-state index in [-0.39, 0.29) is 0 Å². The molecule has 0 radical (unpaired) electrons. The summed E-state index contributed by atoms with van der Waals surface area (Å²) in [5, 5.41) is 12.0. The van der Waals surface area contributed by atoms with Crippen LogP contribution in [0.5, 0.6) is 0 Å². The molecule has 2 aromatic carbocycles. The van der Waals surface area contributed by atoms with Gasteiger partial charge in [0, 0.05) is 31.2 Å². The molecule has 162 valence electrons. The molecule has 4 rings (SSSR count). The molecular weight excluding hydrogens is 402 g/mol. The molecule has 0 bridgehead atoms. The maximum atomic E-state index is 4.54. The second-order valence-electron chi connectivity index (χ2n) is 7.47. The highest BCUT2D eigenvalue weighted by atomic mass is 15.4. The number of rotatable bonds is 7. The summed E-state index contributed by atoms with van der Waals surface area (Å²) in [5.74, 6) is 1.10. The minimum Gasteiger partial charge on any atom is -0.378 e. The molecule has 4 aromatic rings. The Hall–Kier alpha value is -4.27. The topological polar surface area (TPSA) is 96.2 Å². The maximum absolute atomic E-state index is 4.54. The molecule has 0 spiro atoms. The largest absolute Gasteiger partial charge is 0.378 e. The molecule has 0 fully saturated rings. The fourth-order valence-corrected chi connectivity index (χ4v) is 3.07. The van der Waals surface area contributed by atoms with Crippen LogP contribution >= 0.6 is 0 Å². The van der Waals surface area contributed by atoms with Crippen molar-refractivity contribution in [1.82, 2.24) is 24.7 Å². The van der Waals surface area contributed by atoms with E-state index >= 15 is 0 Å². The van der Waals surface area contributed by atoms with E-state index in [4.69, 9.17) is 0 Å². The van der Waals surface area contributed by atoms with Gasteiger partial charge in [-0.25, -0.2) is 10.1 Å². The SMILES string of the molecule is Cc1cc(C)n(-c2nc(N/N=C\c3ccc(N(C)C)cc3)nc(Nc3ccccc3)n2)n1. The highest BCUT2D eigenvalue weighted by Gasteiger charge is 2.12. The smallest absolute Gasteiger partial charge is 0.257 e. The van der Waals surface area contributed by atoms with Crippen LogP contribution in [0.25, 0.3) is 5.95 Å². The maximum Gasteiger partial charge on any atom is 0.257 e. The minimum absolute atomic E-state index is 0.308. The molecule has 0 amide bonds. The first-order valence-electron chi connectivity index (χ1n) is 10.2. The van der Waals surface area contributed by atoms with Crippen LogP contribution in [-0.2, 0) is 0 Å². The van der Waals surface area contributed by atoms with Gasteiger partial charge in [-0.3, -0.25) is 0 Å². The van der Waals surface area contributed by atoms with E-state index in [0.29, 0.717) is 17.8 Å². The summed E-state index contributed by atoms with van der Waals surface area (Å²) in [7, 11) is 4.01. The van der Waals surface area contributed by atoms with Gasteiger partial charge in [0.1, 0.15) is 0 Å². The lowest BCUT2D eigenvalue weighted by Crippen LogP contribution is -2.11. The monoisotopic (exact) mass is 427 g/mol. The van der Waals surface area contributed by atoms with Crippen molar-refractivity contribution in [3.63, 3.8) is 0 Å². The predicted molar refractivity (Wildman–Crippen MR) is 128 cm³/mol. The summed E-state index contributed by atoms with van der Waals surface area (Å²) in [6.45, 7) is 3.88. The summed E-state index contributed by atoms with van der Waals surface area (Å²) in [6.07, 6.45) is 1.72. The van der Waals surface area contributed by atoms with Crippen molar-refractivity contribution in [3.8, 4) is 5.95 Å². The summed E-state index contributed by atoms with van der Waals surface area (Å²) in [6, 6.07) is 19.7. The van der Waals surface area contributed by atoms with Gasteiger partial charge in [-0.2, -0.15) is 25.2 Å². The Bertz CT molecular complexity index is 1210. The van der Waals surface area contributed by atoms with Gasteiger partial charge in [-0.05, 0) is 49.7 Å². The van der Waals surface area contributed by atoms with Gasteiger partial charge in [0.15, 0.2) is 0 Å². The molecule has 32 heavy (non-hydrogen) atoms. The summed E-state index contributed by atoms with van der Waals surface area (Å²) >= 11 is 0. The molecular formula is C23H25N9. The molecule has 0 aliphatic carbocycles. The third-order valence-electron chi connectivity index (χ3n) is 4.64. The van der Waals surface area contributed by atoms with Crippen molar-refractivity contribution in [1.29, 1.82) is 0 Å². The molecule has 0 saturated carbocycles. The van der Waals surface area contributed by atoms with Gasteiger partial charge in [0.05, 0.1) is 11.9 Å². The number of hydrogen-bond acceptors (Lipinski definition) is 8. The van der Waals surface area contributed by atoms with Crippen LogP contribution in [0.3, 0.4) is 0 Å². The number of aromatic nitrogens is 5. The number of benzene rings is 2. The first-order chi connectivity index (χ1) is 15.5. The number of hydrogen-bond donors (Lipinski definition) is 2. The molecule has 0 atom stereocenters. The van der Waals surface area contributed by atoms with Crippen molar-refractivity contribution >= 4 is 29.5 Å². The van der Waals surface area contributed by atoms with E-state index in [9.17, 15) is 0 Å². The first-order valence-corrected chi connectivity index (χ1v) is 10.2. The minimum atomic E-state index is 0.308. The van der Waals surface area contributed by atoms with Gasteiger partial charge in [0.2, 0.25) is 11.9 Å². The van der Waals surface area contributed by atoms with Crippen LogP contribution in [0.4, 0.5) is 23.3 Å². The molecule has 0 aliphatic rings. The van der Waals surface area contributed by atoms with Gasteiger partial charge in [-0.1, -0.05) is 30.3 Å². The second kappa shape index (κ2) is 9.25. The van der Waals surface area contributed by atoms with E-state index in [2.05, 4.69) is 35.9 Å². The van der Waals surface area contributed by atoms with Gasteiger partial charge in [-0.15, -0.1) is 0 Å². The van der Waals surface area contributed by atoms with Crippen molar-refractivity contribution in [2.45, 2.75) is 13.8 Å². The zero-order valence-electron chi connectivity index (χ0n) is 18.5. The van der Waals surface area contributed by atoms with Crippen LogP contribution in [-0.4, -0.2) is 45.0 Å². The number of para-hydroxylation sites is 1. The lowest BCUT2D eigenvalue weighted by Gasteiger charge is -2.11. The van der Waals surface area contributed by atoms with Gasteiger partial charge < -0.3 is 10.2 Å².